The Bertz CT molecular complexity index is 202. The van der Waals surface area contributed by atoms with Crippen molar-refractivity contribution in [3.05, 3.63) is 12.3 Å². The zero-order valence-electron chi connectivity index (χ0n) is 9.04. The topological polar surface area (TPSA) is 21.3 Å². The van der Waals surface area contributed by atoms with Gasteiger partial charge in [0.15, 0.2) is 0 Å². The molecule has 2 aliphatic rings. The fraction of sp³-hybridized carbons (Fsp3) is 0.833. The maximum absolute atomic E-state index is 5.53. The van der Waals surface area contributed by atoms with Crippen LogP contribution in [0.25, 0.3) is 0 Å². The highest BCUT2D eigenvalue weighted by atomic mass is 16.5. The van der Waals surface area contributed by atoms with E-state index in [1.807, 2.05) is 6.26 Å². The van der Waals surface area contributed by atoms with E-state index in [2.05, 4.69) is 18.3 Å². The van der Waals surface area contributed by atoms with E-state index in [0.717, 1.165) is 18.5 Å². The molecule has 0 amide bonds. The molecule has 1 saturated carbocycles. The number of rotatable bonds is 3. The normalized spacial score (nSPS) is 37.1. The third-order valence-electron chi connectivity index (χ3n) is 3.49. The van der Waals surface area contributed by atoms with Crippen LogP contribution in [0.3, 0.4) is 0 Å². The Kier molecular flexibility index (Phi) is 3.46. The molecule has 80 valence electrons. The lowest BCUT2D eigenvalue weighted by Gasteiger charge is -2.23. The summed E-state index contributed by atoms with van der Waals surface area (Å²) in [5.41, 5.74) is 0. The van der Waals surface area contributed by atoms with E-state index in [1.54, 1.807) is 0 Å². The van der Waals surface area contributed by atoms with Crippen LogP contribution in [-0.2, 0) is 4.74 Å². The van der Waals surface area contributed by atoms with Gasteiger partial charge in [0.2, 0.25) is 0 Å². The second kappa shape index (κ2) is 4.83. The lowest BCUT2D eigenvalue weighted by Crippen LogP contribution is -2.38. The zero-order chi connectivity index (χ0) is 9.80. The van der Waals surface area contributed by atoms with Gasteiger partial charge in [0.1, 0.15) is 6.10 Å². The predicted octanol–water partition coefficient (Wildman–Crippen LogP) is 2.46. The maximum Gasteiger partial charge on any atom is 0.110 e. The van der Waals surface area contributed by atoms with E-state index in [9.17, 15) is 0 Å². The molecule has 0 radical (unpaired) electrons. The molecule has 1 heterocycles. The summed E-state index contributed by atoms with van der Waals surface area (Å²) in [7, 11) is 0. The highest BCUT2D eigenvalue weighted by Crippen LogP contribution is 2.24. The predicted molar refractivity (Wildman–Crippen MR) is 58.1 cm³/mol. The quantitative estimate of drug-likeness (QED) is 0.747. The molecule has 2 nitrogen and oxygen atoms in total. The Morgan fingerprint density at radius 2 is 2.29 bits per heavy atom. The molecule has 14 heavy (non-hydrogen) atoms. The average Bonchev–Trinajstić information content (AvgIpc) is 2.63. The van der Waals surface area contributed by atoms with Crippen LogP contribution in [0.4, 0.5) is 0 Å². The van der Waals surface area contributed by atoms with Gasteiger partial charge in [0.05, 0.1) is 6.26 Å². The molecular formula is C12H21NO. The summed E-state index contributed by atoms with van der Waals surface area (Å²) in [6.07, 6.45) is 10.9. The van der Waals surface area contributed by atoms with Crippen LogP contribution in [0, 0.1) is 5.92 Å². The van der Waals surface area contributed by atoms with Crippen LogP contribution in [0.2, 0.25) is 0 Å². The smallest absolute Gasteiger partial charge is 0.110 e. The first-order valence-corrected chi connectivity index (χ1v) is 5.90. The second-order valence-electron chi connectivity index (χ2n) is 4.63. The minimum atomic E-state index is 0.410. The van der Waals surface area contributed by atoms with Crippen LogP contribution in [0.1, 0.15) is 39.0 Å². The van der Waals surface area contributed by atoms with Gasteiger partial charge in [-0.2, -0.15) is 0 Å². The van der Waals surface area contributed by atoms with E-state index in [-0.39, 0.29) is 0 Å². The standard InChI is InChI=1S/C12H21NO/c1-10-5-4-7-12(10)13-9-11-6-2-3-8-14-11/h3,8,10-13H,2,4-7,9H2,1H3. The maximum atomic E-state index is 5.53. The minimum absolute atomic E-state index is 0.410. The highest BCUT2D eigenvalue weighted by Gasteiger charge is 2.23. The van der Waals surface area contributed by atoms with Gasteiger partial charge in [0, 0.05) is 12.6 Å². The third kappa shape index (κ3) is 2.50. The average molecular weight is 195 g/mol. The molecule has 3 unspecified atom stereocenters. The molecule has 1 N–H and O–H groups in total. The van der Waals surface area contributed by atoms with Gasteiger partial charge in [-0.1, -0.05) is 13.3 Å². The molecule has 1 aliphatic heterocycles. The Morgan fingerprint density at radius 3 is 2.93 bits per heavy atom. The minimum Gasteiger partial charge on any atom is -0.497 e. The van der Waals surface area contributed by atoms with E-state index in [4.69, 9.17) is 4.74 Å². The first-order valence-electron chi connectivity index (χ1n) is 5.90. The molecule has 0 spiro atoms. The molecule has 1 aliphatic carbocycles. The molecule has 0 saturated heterocycles. The highest BCUT2D eigenvalue weighted by molar-refractivity contribution is 4.85. The van der Waals surface area contributed by atoms with Gasteiger partial charge in [-0.3, -0.25) is 0 Å². The second-order valence-corrected chi connectivity index (χ2v) is 4.63. The van der Waals surface area contributed by atoms with Crippen LogP contribution in [-0.4, -0.2) is 18.7 Å². The molecule has 0 aromatic heterocycles. The van der Waals surface area contributed by atoms with Crippen molar-refractivity contribution in [1.82, 2.24) is 5.32 Å². The van der Waals surface area contributed by atoms with Crippen LogP contribution in [0.15, 0.2) is 12.3 Å². The van der Waals surface area contributed by atoms with Crippen molar-refractivity contribution in [3.63, 3.8) is 0 Å². The Labute approximate surface area is 86.7 Å². The molecular weight excluding hydrogens is 174 g/mol. The van der Waals surface area contributed by atoms with Crippen molar-refractivity contribution >= 4 is 0 Å². The van der Waals surface area contributed by atoms with E-state index in [0.29, 0.717) is 6.10 Å². The Hall–Kier alpha value is -0.500. The number of hydrogen-bond acceptors (Lipinski definition) is 2. The molecule has 0 aromatic rings. The van der Waals surface area contributed by atoms with E-state index < -0.39 is 0 Å². The summed E-state index contributed by atoms with van der Waals surface area (Å²) in [6.45, 7) is 3.38. The SMILES string of the molecule is CC1CCCC1NCC1CCC=CO1. The summed E-state index contributed by atoms with van der Waals surface area (Å²) in [6, 6.07) is 0.740. The number of hydrogen-bond donors (Lipinski definition) is 1. The summed E-state index contributed by atoms with van der Waals surface area (Å²) >= 11 is 0. The first-order chi connectivity index (χ1) is 6.86. The van der Waals surface area contributed by atoms with E-state index in [1.165, 1.54) is 32.1 Å². The van der Waals surface area contributed by atoms with Gasteiger partial charge >= 0.3 is 0 Å². The monoisotopic (exact) mass is 195 g/mol. The van der Waals surface area contributed by atoms with Crippen molar-refractivity contribution in [3.8, 4) is 0 Å². The van der Waals surface area contributed by atoms with Crippen molar-refractivity contribution < 1.29 is 4.74 Å². The third-order valence-corrected chi connectivity index (χ3v) is 3.49. The lowest BCUT2D eigenvalue weighted by atomic mass is 10.1. The van der Waals surface area contributed by atoms with Gasteiger partial charge in [-0.25, -0.2) is 0 Å². The fourth-order valence-electron chi connectivity index (χ4n) is 2.47. The summed E-state index contributed by atoms with van der Waals surface area (Å²) in [5.74, 6) is 0.856. The Morgan fingerprint density at radius 1 is 1.36 bits per heavy atom. The molecule has 3 atom stereocenters. The number of nitrogens with one attached hydrogen (secondary N) is 1. The molecule has 0 bridgehead atoms. The van der Waals surface area contributed by atoms with Crippen LogP contribution >= 0.6 is 0 Å². The molecule has 2 rings (SSSR count). The van der Waals surface area contributed by atoms with Crippen molar-refractivity contribution in [2.75, 3.05) is 6.54 Å². The van der Waals surface area contributed by atoms with E-state index >= 15 is 0 Å². The van der Waals surface area contributed by atoms with Crippen LogP contribution < -0.4 is 5.32 Å². The molecule has 1 fully saturated rings. The molecule has 2 heteroatoms. The Balaban J connectivity index is 1.68. The van der Waals surface area contributed by atoms with Gasteiger partial charge in [0.25, 0.3) is 0 Å². The van der Waals surface area contributed by atoms with Crippen molar-refractivity contribution in [2.24, 2.45) is 5.92 Å². The summed E-state index contributed by atoms with van der Waals surface area (Å²) in [5, 5.41) is 3.64. The number of ether oxygens (including phenoxy) is 1. The fourth-order valence-corrected chi connectivity index (χ4v) is 2.47. The van der Waals surface area contributed by atoms with Gasteiger partial charge in [-0.05, 0) is 37.7 Å². The molecule has 0 aromatic carbocycles. The van der Waals surface area contributed by atoms with Crippen molar-refractivity contribution in [2.45, 2.75) is 51.2 Å². The first kappa shape index (κ1) is 10.0. The van der Waals surface area contributed by atoms with Crippen molar-refractivity contribution in [1.29, 1.82) is 0 Å². The lowest BCUT2D eigenvalue weighted by molar-refractivity contribution is 0.117. The summed E-state index contributed by atoms with van der Waals surface area (Å²) in [4.78, 5) is 0. The summed E-state index contributed by atoms with van der Waals surface area (Å²) < 4.78 is 5.53. The largest absolute Gasteiger partial charge is 0.497 e. The van der Waals surface area contributed by atoms with Gasteiger partial charge in [-0.15, -0.1) is 0 Å². The zero-order valence-corrected chi connectivity index (χ0v) is 9.04. The van der Waals surface area contributed by atoms with Crippen LogP contribution in [0.5, 0.6) is 0 Å². The van der Waals surface area contributed by atoms with Gasteiger partial charge < -0.3 is 10.1 Å². The number of allylic oxidation sites excluding steroid dienone is 1.